The van der Waals surface area contributed by atoms with Crippen molar-refractivity contribution in [1.29, 1.82) is 0 Å². The lowest BCUT2D eigenvalue weighted by Gasteiger charge is -2.20. The second-order valence-corrected chi connectivity index (χ2v) is 6.59. The van der Waals surface area contributed by atoms with Gasteiger partial charge in [0.15, 0.2) is 0 Å². The number of nitrogens with one attached hydrogen (secondary N) is 1. The van der Waals surface area contributed by atoms with Crippen LogP contribution in [0.25, 0.3) is 11.0 Å². The van der Waals surface area contributed by atoms with Crippen LogP contribution >= 0.6 is 0 Å². The summed E-state index contributed by atoms with van der Waals surface area (Å²) in [6.45, 7) is 0.310. The first-order chi connectivity index (χ1) is 14.2. The van der Waals surface area contributed by atoms with Gasteiger partial charge in [-0.15, -0.1) is 0 Å². The Hall–Kier alpha value is -2.56. The Kier molecular flexibility index (Phi) is 7.50. The van der Waals surface area contributed by atoms with Gasteiger partial charge in [0.05, 0.1) is 39.1 Å². The lowest BCUT2D eigenvalue weighted by molar-refractivity contribution is 0.0410. The zero-order valence-corrected chi connectivity index (χ0v) is 16.2. The van der Waals surface area contributed by atoms with Gasteiger partial charge in [-0.2, -0.15) is 4.98 Å². The Bertz CT molecular complexity index is 903. The van der Waals surface area contributed by atoms with Crippen molar-refractivity contribution < 1.29 is 24.8 Å². The Balaban J connectivity index is 1.79. The fourth-order valence-electron chi connectivity index (χ4n) is 3.08. The van der Waals surface area contributed by atoms with E-state index in [4.69, 9.17) is 14.6 Å². The second-order valence-electron chi connectivity index (χ2n) is 6.59. The molecule has 0 aliphatic heterocycles. The van der Waals surface area contributed by atoms with Crippen LogP contribution in [0.5, 0.6) is 5.88 Å². The van der Waals surface area contributed by atoms with Gasteiger partial charge in [-0.1, -0.05) is 30.3 Å². The van der Waals surface area contributed by atoms with Gasteiger partial charge in [0.25, 0.3) is 0 Å². The summed E-state index contributed by atoms with van der Waals surface area (Å²) >= 11 is 0. The molecule has 3 rings (SSSR count). The van der Waals surface area contributed by atoms with Gasteiger partial charge in [0.1, 0.15) is 24.1 Å². The number of hydrogen-bond donors (Lipinski definition) is 4. The van der Waals surface area contributed by atoms with E-state index in [1.54, 1.807) is 7.11 Å². The van der Waals surface area contributed by atoms with Crippen molar-refractivity contribution in [3.8, 4) is 5.88 Å². The first kappa shape index (κ1) is 21.2. The molecule has 156 valence electrons. The van der Waals surface area contributed by atoms with Crippen LogP contribution in [0.4, 0.5) is 0 Å². The highest BCUT2D eigenvalue weighted by Gasteiger charge is 2.20. The molecule has 2 aromatic heterocycles. The molecule has 1 aromatic carbocycles. The summed E-state index contributed by atoms with van der Waals surface area (Å²) in [4.78, 5) is 8.54. The number of aromatic nitrogens is 3. The van der Waals surface area contributed by atoms with Crippen molar-refractivity contribution in [3.63, 3.8) is 0 Å². The lowest BCUT2D eigenvalue weighted by atomic mass is 10.1. The number of methoxy groups -OCH3 is 1. The van der Waals surface area contributed by atoms with Crippen LogP contribution in [-0.2, 0) is 24.6 Å². The first-order valence-corrected chi connectivity index (χ1v) is 9.29. The monoisotopic (exact) mass is 402 g/mol. The Labute approximate surface area is 168 Å². The molecule has 9 nitrogen and oxygen atoms in total. The molecule has 0 aliphatic carbocycles. The average Bonchev–Trinajstić information content (AvgIpc) is 3.12. The van der Waals surface area contributed by atoms with E-state index in [1.165, 1.54) is 6.33 Å². The van der Waals surface area contributed by atoms with Crippen LogP contribution < -0.4 is 10.1 Å². The predicted octanol–water partition coefficient (Wildman–Crippen LogP) is 0.418. The summed E-state index contributed by atoms with van der Waals surface area (Å²) in [5.74, 6) is 0.429. The molecular formula is C20H26N4O5. The van der Waals surface area contributed by atoms with Crippen molar-refractivity contribution >= 4 is 11.0 Å². The van der Waals surface area contributed by atoms with Gasteiger partial charge in [0, 0.05) is 18.3 Å². The van der Waals surface area contributed by atoms with E-state index >= 15 is 0 Å². The van der Waals surface area contributed by atoms with E-state index in [9.17, 15) is 10.2 Å². The molecule has 2 atom stereocenters. The molecule has 0 amide bonds. The van der Waals surface area contributed by atoms with Crippen LogP contribution in [0.2, 0.25) is 0 Å². The Morgan fingerprint density at radius 1 is 1.14 bits per heavy atom. The molecule has 0 saturated heterocycles. The maximum absolute atomic E-state index is 9.78. The van der Waals surface area contributed by atoms with Crippen LogP contribution in [0.3, 0.4) is 0 Å². The van der Waals surface area contributed by atoms with Crippen LogP contribution in [0.1, 0.15) is 11.1 Å². The first-order valence-electron chi connectivity index (χ1n) is 9.29. The summed E-state index contributed by atoms with van der Waals surface area (Å²) in [5, 5.41) is 31.4. The molecule has 0 radical (unpaired) electrons. The van der Waals surface area contributed by atoms with Crippen molar-refractivity contribution in [1.82, 2.24) is 19.9 Å². The fourth-order valence-corrected chi connectivity index (χ4v) is 3.08. The minimum Gasteiger partial charge on any atom is -0.479 e. The highest BCUT2D eigenvalue weighted by atomic mass is 16.5. The number of ether oxygens (including phenoxy) is 2. The van der Waals surface area contributed by atoms with Crippen molar-refractivity contribution in [2.75, 3.05) is 20.3 Å². The van der Waals surface area contributed by atoms with Crippen LogP contribution in [0.15, 0.2) is 42.9 Å². The molecule has 0 aliphatic rings. The minimum absolute atomic E-state index is 0.276. The summed E-state index contributed by atoms with van der Waals surface area (Å²) in [6.07, 6.45) is 2.23. The molecule has 4 N–H and O–H groups in total. The van der Waals surface area contributed by atoms with Crippen molar-refractivity contribution in [3.05, 3.63) is 54.0 Å². The van der Waals surface area contributed by atoms with E-state index in [2.05, 4.69) is 15.3 Å². The predicted molar refractivity (Wildman–Crippen MR) is 106 cm³/mol. The number of nitrogens with zero attached hydrogens (tertiary/aromatic N) is 3. The van der Waals surface area contributed by atoms with Crippen molar-refractivity contribution in [2.45, 2.75) is 32.0 Å². The number of benzene rings is 1. The Morgan fingerprint density at radius 2 is 1.93 bits per heavy atom. The van der Waals surface area contributed by atoms with Gasteiger partial charge in [-0.05, 0) is 5.56 Å². The van der Waals surface area contributed by atoms with Gasteiger partial charge < -0.3 is 34.7 Å². The van der Waals surface area contributed by atoms with Gasteiger partial charge in [-0.3, -0.25) is 0 Å². The van der Waals surface area contributed by atoms with E-state index in [1.807, 2.05) is 41.1 Å². The average molecular weight is 402 g/mol. The number of aliphatic hydroxyl groups is 3. The lowest BCUT2D eigenvalue weighted by Crippen LogP contribution is -2.44. The SMILES string of the molecule is COc1ncnc2c(CN[C@@H](CO)[C@H](O)CO)cn(COCc3ccccc3)c12. The largest absolute Gasteiger partial charge is 0.479 e. The van der Waals surface area contributed by atoms with E-state index in [0.29, 0.717) is 30.1 Å². The summed E-state index contributed by atoms with van der Waals surface area (Å²) in [5.41, 5.74) is 3.27. The van der Waals surface area contributed by atoms with E-state index in [0.717, 1.165) is 11.1 Å². The molecule has 0 saturated carbocycles. The van der Waals surface area contributed by atoms with Crippen molar-refractivity contribution in [2.24, 2.45) is 0 Å². The Morgan fingerprint density at radius 3 is 2.62 bits per heavy atom. The summed E-state index contributed by atoms with van der Waals surface area (Å²) < 4.78 is 13.1. The molecule has 2 heterocycles. The fraction of sp³-hybridized carbons (Fsp3) is 0.400. The standard InChI is InChI=1S/C20H26N4O5/c1-28-20-19-18(22-12-23-20)15(7-21-16(9-25)17(27)10-26)8-24(19)13-29-11-14-5-3-2-4-6-14/h2-6,8,12,16-17,21,25-27H,7,9-11,13H2,1H3/t16-,17+/m0/s1. The van der Waals surface area contributed by atoms with E-state index in [-0.39, 0.29) is 13.3 Å². The molecule has 0 spiro atoms. The zero-order valence-electron chi connectivity index (χ0n) is 16.2. The maximum Gasteiger partial charge on any atom is 0.241 e. The van der Waals surface area contributed by atoms with Crippen LogP contribution in [0, 0.1) is 0 Å². The van der Waals surface area contributed by atoms with Crippen LogP contribution in [-0.4, -0.2) is 62.3 Å². The number of hydrogen-bond acceptors (Lipinski definition) is 8. The smallest absolute Gasteiger partial charge is 0.241 e. The van der Waals surface area contributed by atoms with E-state index < -0.39 is 18.8 Å². The zero-order chi connectivity index (χ0) is 20.6. The maximum atomic E-state index is 9.78. The third kappa shape index (κ3) is 5.08. The molecular weight excluding hydrogens is 376 g/mol. The van der Waals surface area contributed by atoms with Gasteiger partial charge in [-0.25, -0.2) is 4.98 Å². The second kappa shape index (κ2) is 10.3. The number of rotatable bonds is 11. The normalized spacial score (nSPS) is 13.5. The molecule has 9 heteroatoms. The molecule has 0 unspecified atom stereocenters. The molecule has 3 aromatic rings. The third-order valence-corrected chi connectivity index (χ3v) is 4.63. The number of aliphatic hydroxyl groups excluding tert-OH is 3. The van der Waals surface area contributed by atoms with Gasteiger partial charge in [0.2, 0.25) is 5.88 Å². The molecule has 0 bridgehead atoms. The highest BCUT2D eigenvalue weighted by molar-refractivity contribution is 5.83. The molecule has 29 heavy (non-hydrogen) atoms. The minimum atomic E-state index is -1.06. The summed E-state index contributed by atoms with van der Waals surface area (Å²) in [7, 11) is 1.54. The van der Waals surface area contributed by atoms with Gasteiger partial charge >= 0.3 is 0 Å². The highest BCUT2D eigenvalue weighted by Crippen LogP contribution is 2.26. The quantitative estimate of drug-likeness (QED) is 0.364. The number of fused-ring (bicyclic) bond motifs is 1. The summed E-state index contributed by atoms with van der Waals surface area (Å²) in [6, 6.07) is 9.21. The third-order valence-electron chi connectivity index (χ3n) is 4.63. The topological polar surface area (TPSA) is 122 Å². The molecule has 0 fully saturated rings.